The summed E-state index contributed by atoms with van der Waals surface area (Å²) in [6, 6.07) is 6.61. The van der Waals surface area contributed by atoms with Gasteiger partial charge in [-0.15, -0.1) is 0 Å². The van der Waals surface area contributed by atoms with Gasteiger partial charge in [0.15, 0.2) is 6.29 Å². The minimum absolute atomic E-state index is 0.0305. The molecule has 0 aliphatic rings. The predicted octanol–water partition coefficient (Wildman–Crippen LogP) is 1.03. The van der Waals surface area contributed by atoms with Crippen LogP contribution in [0, 0.1) is 0 Å². The summed E-state index contributed by atoms with van der Waals surface area (Å²) in [4.78, 5) is 36.2. The largest absolute Gasteiger partial charge is 0.471 e. The number of carbonyl (C=O) groups is 3. The van der Waals surface area contributed by atoms with Crippen molar-refractivity contribution in [2.75, 3.05) is 20.8 Å². The summed E-state index contributed by atoms with van der Waals surface area (Å²) in [6.45, 7) is 1.43. The number of ether oxygens (including phenoxy) is 2. The Balaban J connectivity index is 2.90. The van der Waals surface area contributed by atoms with Crippen molar-refractivity contribution in [3.05, 3.63) is 47.7 Å². The average molecular weight is 431 g/mol. The van der Waals surface area contributed by atoms with Crippen molar-refractivity contribution in [2.45, 2.75) is 31.9 Å². The Morgan fingerprint density at radius 3 is 2.20 bits per heavy atom. The van der Waals surface area contributed by atoms with Crippen LogP contribution in [0.4, 0.5) is 13.2 Å². The first-order chi connectivity index (χ1) is 14.1. The molecule has 0 unspecified atom stereocenters. The molecule has 1 rings (SSSR count). The van der Waals surface area contributed by atoms with Gasteiger partial charge in [0.05, 0.1) is 6.54 Å². The fourth-order valence-electron chi connectivity index (χ4n) is 2.31. The van der Waals surface area contributed by atoms with Gasteiger partial charge in [-0.05, 0) is 12.5 Å². The number of benzene rings is 1. The van der Waals surface area contributed by atoms with E-state index < -0.39 is 36.2 Å². The fraction of sp³-hybridized carbons (Fsp3) is 0.421. The van der Waals surface area contributed by atoms with Gasteiger partial charge in [-0.2, -0.15) is 13.2 Å². The standard InChI is InChI=1S/C19H24F3N3O5/c1-4-13(16(26)23-11-15(29-2)30-3)24-17(27)14(25-18(28)19(20,21)22)10-12-8-6-5-7-9-12/h4-9,14-15H,10-11H2,1-3H3,(H,23,26)(H,24,27)(H,25,28)/b13-4+/t14-/m0/s1. The van der Waals surface area contributed by atoms with Crippen LogP contribution in [-0.2, 0) is 30.3 Å². The van der Waals surface area contributed by atoms with Gasteiger partial charge in [0.2, 0.25) is 5.91 Å². The average Bonchev–Trinajstić information content (AvgIpc) is 2.71. The van der Waals surface area contributed by atoms with Crippen LogP contribution in [0.5, 0.6) is 0 Å². The zero-order chi connectivity index (χ0) is 22.7. The lowest BCUT2D eigenvalue weighted by Gasteiger charge is -2.20. The zero-order valence-corrected chi connectivity index (χ0v) is 16.7. The van der Waals surface area contributed by atoms with E-state index in [1.54, 1.807) is 35.6 Å². The molecule has 8 nitrogen and oxygen atoms in total. The Morgan fingerprint density at radius 1 is 1.10 bits per heavy atom. The molecule has 1 aromatic carbocycles. The first-order valence-electron chi connectivity index (χ1n) is 8.84. The zero-order valence-electron chi connectivity index (χ0n) is 16.7. The molecule has 0 aliphatic carbocycles. The van der Waals surface area contributed by atoms with Crippen LogP contribution in [0.1, 0.15) is 12.5 Å². The minimum atomic E-state index is -5.16. The molecule has 1 aromatic rings. The molecule has 30 heavy (non-hydrogen) atoms. The van der Waals surface area contributed by atoms with Gasteiger partial charge in [0.25, 0.3) is 5.91 Å². The maximum Gasteiger partial charge on any atom is 0.471 e. The predicted molar refractivity (Wildman–Crippen MR) is 101 cm³/mol. The Bertz CT molecular complexity index is 750. The first-order valence-corrected chi connectivity index (χ1v) is 8.84. The van der Waals surface area contributed by atoms with E-state index in [1.165, 1.54) is 27.2 Å². The summed E-state index contributed by atoms with van der Waals surface area (Å²) in [7, 11) is 2.74. The molecule has 0 aromatic heterocycles. The molecule has 0 spiro atoms. The molecule has 0 heterocycles. The van der Waals surface area contributed by atoms with E-state index >= 15 is 0 Å². The van der Waals surface area contributed by atoms with Crippen LogP contribution < -0.4 is 16.0 Å². The lowest BCUT2D eigenvalue weighted by molar-refractivity contribution is -0.174. The maximum atomic E-state index is 12.7. The second kappa shape index (κ2) is 11.9. The van der Waals surface area contributed by atoms with Crippen molar-refractivity contribution in [1.82, 2.24) is 16.0 Å². The summed E-state index contributed by atoms with van der Waals surface area (Å²) < 4.78 is 47.9. The van der Waals surface area contributed by atoms with Crippen molar-refractivity contribution < 1.29 is 37.0 Å². The van der Waals surface area contributed by atoms with Crippen LogP contribution >= 0.6 is 0 Å². The summed E-state index contributed by atoms with van der Waals surface area (Å²) in [5.41, 5.74) is 0.319. The molecule has 3 N–H and O–H groups in total. The van der Waals surface area contributed by atoms with Crippen molar-refractivity contribution in [3.63, 3.8) is 0 Å². The summed E-state index contributed by atoms with van der Waals surface area (Å²) >= 11 is 0. The Labute approximate surface area is 171 Å². The number of hydrogen-bond donors (Lipinski definition) is 3. The van der Waals surface area contributed by atoms with Gasteiger partial charge in [-0.3, -0.25) is 14.4 Å². The number of methoxy groups -OCH3 is 2. The van der Waals surface area contributed by atoms with Gasteiger partial charge >= 0.3 is 12.1 Å². The number of nitrogens with one attached hydrogen (secondary N) is 3. The van der Waals surface area contributed by atoms with Crippen LogP contribution in [-0.4, -0.2) is 57.0 Å². The maximum absolute atomic E-state index is 12.7. The molecular weight excluding hydrogens is 407 g/mol. The SMILES string of the molecule is C/C=C(/NC(=O)[C@H](Cc1ccccc1)NC(=O)C(F)(F)F)C(=O)NCC(OC)OC. The minimum Gasteiger partial charge on any atom is -0.354 e. The van der Waals surface area contributed by atoms with E-state index in [1.807, 2.05) is 0 Å². The summed E-state index contributed by atoms with van der Waals surface area (Å²) in [5.74, 6) is -3.94. The highest BCUT2D eigenvalue weighted by Gasteiger charge is 2.41. The van der Waals surface area contributed by atoms with Gasteiger partial charge in [-0.25, -0.2) is 0 Å². The first kappa shape index (κ1) is 25.1. The summed E-state index contributed by atoms with van der Waals surface area (Å²) in [5, 5.41) is 6.37. The van der Waals surface area contributed by atoms with Crippen molar-refractivity contribution in [1.29, 1.82) is 0 Å². The van der Waals surface area contributed by atoms with E-state index in [-0.39, 0.29) is 18.7 Å². The van der Waals surface area contributed by atoms with Gasteiger partial charge in [0.1, 0.15) is 11.7 Å². The molecule has 0 fully saturated rings. The smallest absolute Gasteiger partial charge is 0.354 e. The number of halogens is 3. The number of carbonyl (C=O) groups excluding carboxylic acids is 3. The molecule has 0 aliphatic heterocycles. The van der Waals surface area contributed by atoms with E-state index in [0.717, 1.165) is 0 Å². The van der Waals surface area contributed by atoms with Crippen LogP contribution in [0.25, 0.3) is 0 Å². The third-order valence-electron chi connectivity index (χ3n) is 3.91. The molecule has 3 amide bonds. The van der Waals surface area contributed by atoms with Gasteiger partial charge in [0, 0.05) is 20.6 Å². The highest BCUT2D eigenvalue weighted by molar-refractivity contribution is 5.99. The Hall–Kier alpha value is -2.92. The van der Waals surface area contributed by atoms with Crippen LogP contribution in [0.2, 0.25) is 0 Å². The van der Waals surface area contributed by atoms with Crippen LogP contribution in [0.15, 0.2) is 42.1 Å². The Morgan fingerprint density at radius 2 is 1.70 bits per heavy atom. The van der Waals surface area contributed by atoms with E-state index in [0.29, 0.717) is 5.56 Å². The molecule has 1 atom stereocenters. The highest BCUT2D eigenvalue weighted by atomic mass is 19.4. The van der Waals surface area contributed by atoms with Crippen molar-refractivity contribution >= 4 is 17.7 Å². The van der Waals surface area contributed by atoms with Gasteiger partial charge < -0.3 is 25.4 Å². The third-order valence-corrected chi connectivity index (χ3v) is 3.91. The second-order valence-electron chi connectivity index (χ2n) is 6.02. The van der Waals surface area contributed by atoms with Gasteiger partial charge in [-0.1, -0.05) is 36.4 Å². The number of rotatable bonds is 10. The molecule has 166 valence electrons. The second-order valence-corrected chi connectivity index (χ2v) is 6.02. The van der Waals surface area contributed by atoms with E-state index in [2.05, 4.69) is 10.6 Å². The number of alkyl halides is 3. The van der Waals surface area contributed by atoms with Crippen molar-refractivity contribution in [2.24, 2.45) is 0 Å². The highest BCUT2D eigenvalue weighted by Crippen LogP contribution is 2.15. The number of allylic oxidation sites excluding steroid dienone is 1. The monoisotopic (exact) mass is 431 g/mol. The topological polar surface area (TPSA) is 106 Å². The molecule has 0 bridgehead atoms. The van der Waals surface area contributed by atoms with E-state index in [9.17, 15) is 27.6 Å². The number of hydrogen-bond acceptors (Lipinski definition) is 5. The fourth-order valence-corrected chi connectivity index (χ4v) is 2.31. The van der Waals surface area contributed by atoms with Crippen molar-refractivity contribution in [3.8, 4) is 0 Å². The molecule has 0 radical (unpaired) electrons. The molecule has 0 saturated carbocycles. The van der Waals surface area contributed by atoms with Crippen LogP contribution in [0.3, 0.4) is 0 Å². The molecule has 0 saturated heterocycles. The number of amides is 3. The lowest BCUT2D eigenvalue weighted by Crippen LogP contribution is -2.52. The van der Waals surface area contributed by atoms with E-state index in [4.69, 9.17) is 9.47 Å². The lowest BCUT2D eigenvalue weighted by atomic mass is 10.0. The summed E-state index contributed by atoms with van der Waals surface area (Å²) in [6.07, 6.45) is -4.82. The molecular formula is C19H24F3N3O5. The Kier molecular flexibility index (Phi) is 9.99. The third kappa shape index (κ3) is 8.21. The molecule has 11 heteroatoms. The quantitative estimate of drug-likeness (QED) is 0.379. The normalized spacial score (nSPS) is 13.0.